The number of hydrazone groups is 1. The minimum Gasteiger partial charge on any atom is -0.497 e. The molecular formula is C24H20ClFN2O5. The van der Waals surface area contributed by atoms with Crippen LogP contribution in [0.2, 0.25) is 5.02 Å². The van der Waals surface area contributed by atoms with Crippen LogP contribution in [0.5, 0.6) is 5.75 Å². The second-order valence-electron chi connectivity index (χ2n) is 7.29. The van der Waals surface area contributed by atoms with E-state index < -0.39 is 30.3 Å². The van der Waals surface area contributed by atoms with Crippen LogP contribution in [0.3, 0.4) is 0 Å². The predicted molar refractivity (Wildman–Crippen MR) is 119 cm³/mol. The molecule has 2 heterocycles. The molecule has 4 rings (SSSR count). The zero-order valence-corrected chi connectivity index (χ0v) is 18.4. The number of halogens is 2. The van der Waals surface area contributed by atoms with Crippen molar-refractivity contribution >= 4 is 29.2 Å². The number of furan rings is 1. The first-order valence-corrected chi connectivity index (χ1v) is 10.5. The standard InChI is InChI=1S/C24H20ClFN2O5/c1-31-16-9-7-15(8-10-16)20-13-21(22-6-3-11-32-22)28(27-20)23(29)14-33-24(30)12-17-18(25)4-2-5-19(17)26/h2-11,21H,12-14H2,1H3. The summed E-state index contributed by atoms with van der Waals surface area (Å²) in [5, 5.41) is 5.84. The number of methoxy groups -OCH3 is 1. The zero-order chi connectivity index (χ0) is 23.4. The van der Waals surface area contributed by atoms with E-state index in [1.807, 2.05) is 12.1 Å². The lowest BCUT2D eigenvalue weighted by atomic mass is 10.0. The predicted octanol–water partition coefficient (Wildman–Crippen LogP) is 4.54. The van der Waals surface area contributed by atoms with E-state index in [1.165, 1.54) is 29.5 Å². The Balaban J connectivity index is 1.47. The molecule has 1 aliphatic rings. The summed E-state index contributed by atoms with van der Waals surface area (Å²) in [6.07, 6.45) is 1.55. The number of ether oxygens (including phenoxy) is 2. The molecule has 1 amide bonds. The molecule has 7 nitrogen and oxygen atoms in total. The fraction of sp³-hybridized carbons (Fsp3) is 0.208. The van der Waals surface area contributed by atoms with Gasteiger partial charge in [-0.3, -0.25) is 9.59 Å². The SMILES string of the molecule is COc1ccc(C2=NN(C(=O)COC(=O)Cc3c(F)cccc3Cl)C(c3ccco3)C2)cc1. The number of nitrogens with zero attached hydrogens (tertiary/aromatic N) is 2. The summed E-state index contributed by atoms with van der Waals surface area (Å²) in [4.78, 5) is 25.1. The van der Waals surface area contributed by atoms with Crippen molar-refractivity contribution in [2.24, 2.45) is 5.10 Å². The average Bonchev–Trinajstić information content (AvgIpc) is 3.50. The van der Waals surface area contributed by atoms with E-state index in [0.717, 1.165) is 5.56 Å². The molecule has 9 heteroatoms. The number of amides is 1. The topological polar surface area (TPSA) is 81.3 Å². The van der Waals surface area contributed by atoms with Crippen molar-refractivity contribution in [1.29, 1.82) is 0 Å². The van der Waals surface area contributed by atoms with Gasteiger partial charge >= 0.3 is 5.97 Å². The molecule has 0 aliphatic carbocycles. The van der Waals surface area contributed by atoms with E-state index in [9.17, 15) is 14.0 Å². The van der Waals surface area contributed by atoms with E-state index in [0.29, 0.717) is 23.6 Å². The third-order valence-electron chi connectivity index (χ3n) is 5.20. The van der Waals surface area contributed by atoms with Gasteiger partial charge in [0.25, 0.3) is 5.91 Å². The highest BCUT2D eigenvalue weighted by molar-refractivity contribution is 6.31. The molecule has 1 aliphatic heterocycles. The first kappa shape index (κ1) is 22.5. The Morgan fingerprint density at radius 3 is 2.64 bits per heavy atom. The fourth-order valence-electron chi connectivity index (χ4n) is 3.51. The number of esters is 1. The molecular weight excluding hydrogens is 451 g/mol. The molecule has 0 N–H and O–H groups in total. The van der Waals surface area contributed by atoms with Crippen LogP contribution in [-0.2, 0) is 20.7 Å². The van der Waals surface area contributed by atoms with Gasteiger partial charge in [-0.05, 0) is 54.1 Å². The van der Waals surface area contributed by atoms with Gasteiger partial charge in [0.15, 0.2) is 6.61 Å². The normalized spacial score (nSPS) is 15.3. The molecule has 1 atom stereocenters. The molecule has 0 fully saturated rings. The van der Waals surface area contributed by atoms with Crippen molar-refractivity contribution in [1.82, 2.24) is 5.01 Å². The second-order valence-corrected chi connectivity index (χ2v) is 7.69. The van der Waals surface area contributed by atoms with Gasteiger partial charge in [0, 0.05) is 17.0 Å². The number of carbonyl (C=O) groups is 2. The highest BCUT2D eigenvalue weighted by atomic mass is 35.5. The second kappa shape index (κ2) is 9.87. The molecule has 170 valence electrons. The smallest absolute Gasteiger partial charge is 0.310 e. The van der Waals surface area contributed by atoms with Gasteiger partial charge in [-0.2, -0.15) is 5.10 Å². The van der Waals surface area contributed by atoms with Crippen molar-refractivity contribution in [2.75, 3.05) is 13.7 Å². The largest absolute Gasteiger partial charge is 0.497 e. The van der Waals surface area contributed by atoms with E-state index >= 15 is 0 Å². The maximum Gasteiger partial charge on any atom is 0.310 e. The molecule has 1 unspecified atom stereocenters. The van der Waals surface area contributed by atoms with Crippen LogP contribution in [-0.4, -0.2) is 36.3 Å². The Morgan fingerprint density at radius 2 is 1.97 bits per heavy atom. The lowest BCUT2D eigenvalue weighted by Gasteiger charge is -2.19. The average molecular weight is 471 g/mol. The number of benzene rings is 2. The minimum absolute atomic E-state index is 0.0195. The Morgan fingerprint density at radius 1 is 1.18 bits per heavy atom. The van der Waals surface area contributed by atoms with Crippen LogP contribution in [0.15, 0.2) is 70.4 Å². The van der Waals surface area contributed by atoms with E-state index in [-0.39, 0.29) is 17.0 Å². The number of rotatable bonds is 7. The number of hydrogen-bond donors (Lipinski definition) is 0. The maximum atomic E-state index is 13.9. The summed E-state index contributed by atoms with van der Waals surface area (Å²) in [7, 11) is 1.58. The minimum atomic E-state index is -0.775. The summed E-state index contributed by atoms with van der Waals surface area (Å²) in [5.41, 5.74) is 1.52. The molecule has 0 spiro atoms. The zero-order valence-electron chi connectivity index (χ0n) is 17.7. The quantitative estimate of drug-likeness (QED) is 0.473. The molecule has 0 radical (unpaired) electrons. The monoisotopic (exact) mass is 470 g/mol. The summed E-state index contributed by atoms with van der Waals surface area (Å²) in [6.45, 7) is -0.554. The highest BCUT2D eigenvalue weighted by Gasteiger charge is 2.35. The van der Waals surface area contributed by atoms with Gasteiger partial charge in [-0.25, -0.2) is 9.40 Å². The molecule has 0 saturated carbocycles. The van der Waals surface area contributed by atoms with E-state index in [2.05, 4.69) is 5.10 Å². The Kier molecular flexibility index (Phi) is 6.74. The Labute approximate surface area is 194 Å². The molecule has 2 aromatic carbocycles. The van der Waals surface area contributed by atoms with Gasteiger partial charge < -0.3 is 13.9 Å². The van der Waals surface area contributed by atoms with Gasteiger partial charge in [0.1, 0.15) is 23.4 Å². The third-order valence-corrected chi connectivity index (χ3v) is 5.55. The third kappa shape index (κ3) is 5.06. The van der Waals surface area contributed by atoms with Crippen molar-refractivity contribution < 1.29 is 27.9 Å². The number of hydrogen-bond acceptors (Lipinski definition) is 6. The van der Waals surface area contributed by atoms with Gasteiger partial charge in [0.05, 0.1) is 25.5 Å². The van der Waals surface area contributed by atoms with Crippen molar-refractivity contribution in [3.05, 3.63) is 88.6 Å². The lowest BCUT2D eigenvalue weighted by Crippen LogP contribution is -2.31. The van der Waals surface area contributed by atoms with Gasteiger partial charge in [-0.15, -0.1) is 0 Å². The van der Waals surface area contributed by atoms with Crippen LogP contribution >= 0.6 is 11.6 Å². The van der Waals surface area contributed by atoms with Gasteiger partial charge in [-0.1, -0.05) is 17.7 Å². The number of carbonyl (C=O) groups excluding carboxylic acids is 2. The molecule has 0 bridgehead atoms. The molecule has 33 heavy (non-hydrogen) atoms. The summed E-state index contributed by atoms with van der Waals surface area (Å²) < 4.78 is 29.7. The first-order chi connectivity index (χ1) is 16.0. The van der Waals surface area contributed by atoms with Crippen LogP contribution in [0, 0.1) is 5.82 Å². The van der Waals surface area contributed by atoms with Crippen LogP contribution in [0.25, 0.3) is 0 Å². The maximum absolute atomic E-state index is 13.9. The summed E-state index contributed by atoms with van der Waals surface area (Å²) >= 11 is 5.95. The van der Waals surface area contributed by atoms with Crippen molar-refractivity contribution in [3.63, 3.8) is 0 Å². The van der Waals surface area contributed by atoms with E-state index in [4.69, 9.17) is 25.5 Å². The first-order valence-electron chi connectivity index (χ1n) is 10.1. The lowest BCUT2D eigenvalue weighted by molar-refractivity contribution is -0.152. The van der Waals surface area contributed by atoms with Crippen LogP contribution < -0.4 is 4.74 Å². The summed E-state index contributed by atoms with van der Waals surface area (Å²) in [6, 6.07) is 14.4. The Hall–Kier alpha value is -3.65. The van der Waals surface area contributed by atoms with Crippen molar-refractivity contribution in [2.45, 2.75) is 18.9 Å². The van der Waals surface area contributed by atoms with Crippen molar-refractivity contribution in [3.8, 4) is 5.75 Å². The Bertz CT molecular complexity index is 1160. The van der Waals surface area contributed by atoms with Crippen LogP contribution in [0.4, 0.5) is 4.39 Å². The summed E-state index contributed by atoms with van der Waals surface area (Å²) in [5.74, 6) is -0.664. The van der Waals surface area contributed by atoms with Crippen LogP contribution in [0.1, 0.15) is 29.3 Å². The molecule has 0 saturated heterocycles. The van der Waals surface area contributed by atoms with E-state index in [1.54, 1.807) is 31.4 Å². The fourth-order valence-corrected chi connectivity index (χ4v) is 3.74. The molecule has 1 aromatic heterocycles. The molecule has 3 aromatic rings. The van der Waals surface area contributed by atoms with Gasteiger partial charge in [0.2, 0.25) is 0 Å². The highest BCUT2D eigenvalue weighted by Crippen LogP contribution is 2.33.